The third-order valence-corrected chi connectivity index (χ3v) is 5.18. The summed E-state index contributed by atoms with van der Waals surface area (Å²) in [6.45, 7) is 0. The zero-order chi connectivity index (χ0) is 21.5. The molecule has 0 radical (unpaired) electrons. The number of rotatable bonds is 4. The average molecular weight is 417 g/mol. The molecule has 0 amide bonds. The van der Waals surface area contributed by atoms with Crippen LogP contribution in [-0.2, 0) is 0 Å². The van der Waals surface area contributed by atoms with Crippen molar-refractivity contribution in [2.24, 2.45) is 0 Å². The van der Waals surface area contributed by atoms with E-state index < -0.39 is 0 Å². The molecule has 154 valence electrons. The van der Waals surface area contributed by atoms with E-state index in [2.05, 4.69) is 4.98 Å². The van der Waals surface area contributed by atoms with Gasteiger partial charge in [-0.15, -0.1) is 0 Å². The lowest BCUT2D eigenvalue weighted by atomic mass is 10.1. The van der Waals surface area contributed by atoms with E-state index in [-0.39, 0.29) is 11.6 Å². The molecule has 2 heterocycles. The van der Waals surface area contributed by atoms with Crippen LogP contribution in [0.5, 0.6) is 11.5 Å². The van der Waals surface area contributed by atoms with E-state index >= 15 is 0 Å². The molecule has 0 saturated heterocycles. The first-order chi connectivity index (χ1) is 15.1. The number of benzene rings is 3. The van der Waals surface area contributed by atoms with Crippen LogP contribution in [-0.4, -0.2) is 29.0 Å². The fraction of sp³-hybridized carbons (Fsp3) is 0.0833. The van der Waals surface area contributed by atoms with E-state index in [1.54, 1.807) is 55.4 Å². The lowest BCUT2D eigenvalue weighted by Gasteiger charge is -2.11. The van der Waals surface area contributed by atoms with Crippen molar-refractivity contribution in [1.82, 2.24) is 14.8 Å². The number of hydrogen-bond acceptors (Lipinski definition) is 4. The quantitative estimate of drug-likeness (QED) is 0.385. The molecule has 2 aromatic heterocycles. The smallest absolute Gasteiger partial charge is 0.162 e. The van der Waals surface area contributed by atoms with Crippen molar-refractivity contribution in [2.45, 2.75) is 0 Å². The van der Waals surface area contributed by atoms with Crippen molar-refractivity contribution in [3.63, 3.8) is 0 Å². The number of nitrogens with zero attached hydrogens (tertiary/aromatic N) is 3. The molecule has 31 heavy (non-hydrogen) atoms. The Kier molecular flexibility index (Phi) is 4.51. The summed E-state index contributed by atoms with van der Waals surface area (Å²) in [6.07, 6.45) is 1.71. The zero-order valence-corrected chi connectivity index (χ0v) is 16.8. The molecule has 0 aliphatic heterocycles. The lowest BCUT2D eigenvalue weighted by Crippen LogP contribution is -1.98. The van der Waals surface area contributed by atoms with Gasteiger partial charge in [0.2, 0.25) is 0 Å². The van der Waals surface area contributed by atoms with Crippen molar-refractivity contribution in [3.05, 3.63) is 78.5 Å². The summed E-state index contributed by atoms with van der Waals surface area (Å²) in [5.41, 5.74) is 3.30. The highest BCUT2D eigenvalue weighted by atomic mass is 19.1. The first-order valence-corrected chi connectivity index (χ1v) is 9.54. The number of aromatic nitrogens is 3. The van der Waals surface area contributed by atoms with Crippen LogP contribution >= 0.6 is 0 Å². The van der Waals surface area contributed by atoms with Crippen molar-refractivity contribution < 1.29 is 18.3 Å². The molecule has 0 aliphatic rings. The number of methoxy groups -OCH3 is 2. The first kappa shape index (κ1) is 19.0. The van der Waals surface area contributed by atoms with Gasteiger partial charge in [-0.05, 0) is 48.5 Å². The van der Waals surface area contributed by atoms with Gasteiger partial charge in [-0.3, -0.25) is 4.98 Å². The van der Waals surface area contributed by atoms with Crippen molar-refractivity contribution in [3.8, 4) is 28.4 Å². The second kappa shape index (κ2) is 7.36. The van der Waals surface area contributed by atoms with Crippen molar-refractivity contribution in [1.29, 1.82) is 0 Å². The van der Waals surface area contributed by atoms with Gasteiger partial charge in [0.25, 0.3) is 0 Å². The van der Waals surface area contributed by atoms with E-state index in [0.29, 0.717) is 28.4 Å². The number of halogens is 2. The fourth-order valence-electron chi connectivity index (χ4n) is 3.73. The van der Waals surface area contributed by atoms with E-state index in [1.807, 2.05) is 6.07 Å². The Morgan fingerprint density at radius 2 is 1.55 bits per heavy atom. The minimum Gasteiger partial charge on any atom is -0.493 e. The Morgan fingerprint density at radius 3 is 2.26 bits per heavy atom. The Bertz CT molecular complexity index is 1430. The summed E-state index contributed by atoms with van der Waals surface area (Å²) in [5, 5.41) is 6.27. The Hall–Kier alpha value is -4.00. The summed E-state index contributed by atoms with van der Waals surface area (Å²) < 4.78 is 40.1. The van der Waals surface area contributed by atoms with E-state index in [9.17, 15) is 8.78 Å². The predicted octanol–water partition coefficient (Wildman–Crippen LogP) is 5.54. The fourth-order valence-corrected chi connectivity index (χ4v) is 3.73. The Morgan fingerprint density at radius 1 is 0.806 bits per heavy atom. The van der Waals surface area contributed by atoms with E-state index in [1.165, 1.54) is 24.3 Å². The van der Waals surface area contributed by atoms with Crippen LogP contribution in [0.3, 0.4) is 0 Å². The van der Waals surface area contributed by atoms with Crippen LogP contribution in [0.25, 0.3) is 38.8 Å². The van der Waals surface area contributed by atoms with Crippen molar-refractivity contribution in [2.75, 3.05) is 14.2 Å². The molecule has 5 rings (SSSR count). The second-order valence-electron chi connectivity index (χ2n) is 6.99. The number of hydrogen-bond donors (Lipinski definition) is 0. The van der Waals surface area contributed by atoms with Crippen LogP contribution in [0.4, 0.5) is 8.78 Å². The van der Waals surface area contributed by atoms with Crippen LogP contribution in [0.1, 0.15) is 0 Å². The third kappa shape index (κ3) is 3.15. The van der Waals surface area contributed by atoms with Crippen molar-refractivity contribution >= 4 is 21.8 Å². The molecule has 0 bridgehead atoms. The number of ether oxygens (including phenoxy) is 2. The summed E-state index contributed by atoms with van der Waals surface area (Å²) in [5.74, 6) is 0.386. The highest BCUT2D eigenvalue weighted by molar-refractivity contribution is 6.09. The Labute approximate surface area is 176 Å². The van der Waals surface area contributed by atoms with Gasteiger partial charge in [0.05, 0.1) is 30.9 Å². The zero-order valence-electron chi connectivity index (χ0n) is 16.8. The highest BCUT2D eigenvalue weighted by Gasteiger charge is 2.19. The maximum atomic E-state index is 14.0. The number of pyridine rings is 1. The molecule has 0 spiro atoms. The molecule has 0 unspecified atom stereocenters. The molecule has 0 N–H and O–H groups in total. The SMILES string of the molecule is COc1cc2ncc3c(-c4ccc(F)cc4)nn(-c4cccc(F)c4)c3c2cc1OC. The topological polar surface area (TPSA) is 49.2 Å². The predicted molar refractivity (Wildman–Crippen MR) is 115 cm³/mol. The Balaban J connectivity index is 1.90. The van der Waals surface area contributed by atoms with Crippen LogP contribution in [0.15, 0.2) is 66.9 Å². The summed E-state index contributed by atoms with van der Waals surface area (Å²) in [7, 11) is 3.12. The molecular weight excluding hydrogens is 400 g/mol. The van der Waals surface area contributed by atoms with Crippen LogP contribution in [0.2, 0.25) is 0 Å². The third-order valence-electron chi connectivity index (χ3n) is 5.18. The van der Waals surface area contributed by atoms with Crippen LogP contribution < -0.4 is 9.47 Å². The molecule has 0 atom stereocenters. The lowest BCUT2D eigenvalue weighted by molar-refractivity contribution is 0.356. The van der Waals surface area contributed by atoms with Gasteiger partial charge in [-0.2, -0.15) is 5.10 Å². The largest absolute Gasteiger partial charge is 0.493 e. The highest BCUT2D eigenvalue weighted by Crippen LogP contribution is 2.38. The van der Waals surface area contributed by atoms with Crippen LogP contribution in [0, 0.1) is 11.6 Å². The maximum absolute atomic E-state index is 14.0. The van der Waals surface area contributed by atoms with Gasteiger partial charge >= 0.3 is 0 Å². The second-order valence-corrected chi connectivity index (χ2v) is 6.99. The van der Waals surface area contributed by atoms with Gasteiger partial charge in [0.1, 0.15) is 17.3 Å². The van der Waals surface area contributed by atoms with Gasteiger partial charge in [0.15, 0.2) is 11.5 Å². The number of fused-ring (bicyclic) bond motifs is 3. The van der Waals surface area contributed by atoms with E-state index in [0.717, 1.165) is 21.9 Å². The van der Waals surface area contributed by atoms with Gasteiger partial charge in [-0.1, -0.05) is 6.07 Å². The standard InChI is InChI=1S/C24H17F2N3O2/c1-30-21-11-18-20(12-22(21)31-2)27-13-19-23(14-6-8-15(25)9-7-14)28-29(24(18)19)17-5-3-4-16(26)10-17/h3-13H,1-2H3. The van der Waals surface area contributed by atoms with Gasteiger partial charge in [-0.25, -0.2) is 13.5 Å². The molecule has 5 aromatic rings. The van der Waals surface area contributed by atoms with Gasteiger partial charge < -0.3 is 9.47 Å². The monoisotopic (exact) mass is 417 g/mol. The summed E-state index contributed by atoms with van der Waals surface area (Å²) >= 11 is 0. The molecule has 0 saturated carbocycles. The average Bonchev–Trinajstić information content (AvgIpc) is 3.18. The summed E-state index contributed by atoms with van der Waals surface area (Å²) in [6, 6.07) is 15.9. The molecule has 0 aliphatic carbocycles. The minimum absolute atomic E-state index is 0.335. The minimum atomic E-state index is -0.373. The molecular formula is C24H17F2N3O2. The first-order valence-electron chi connectivity index (χ1n) is 9.54. The molecule has 3 aromatic carbocycles. The van der Waals surface area contributed by atoms with E-state index in [4.69, 9.17) is 14.6 Å². The summed E-state index contributed by atoms with van der Waals surface area (Å²) in [4.78, 5) is 4.58. The molecule has 0 fully saturated rings. The normalized spacial score (nSPS) is 11.2. The molecule has 5 nitrogen and oxygen atoms in total. The molecule has 7 heteroatoms. The maximum Gasteiger partial charge on any atom is 0.162 e. The van der Waals surface area contributed by atoms with Gasteiger partial charge in [0, 0.05) is 28.6 Å².